The Kier molecular flexibility index (Phi) is 9.78. The van der Waals surface area contributed by atoms with Crippen molar-refractivity contribution in [3.8, 4) is 0 Å². The Morgan fingerprint density at radius 2 is 1.74 bits per heavy atom. The van der Waals surface area contributed by atoms with E-state index in [1.807, 2.05) is 19.1 Å². The highest BCUT2D eigenvalue weighted by Gasteiger charge is 1.96. The molecule has 0 heterocycles. The summed E-state index contributed by atoms with van der Waals surface area (Å²) in [6.07, 6.45) is 12.4. The molecule has 0 saturated carbocycles. The number of carbonyl (C=O) groups excluding carboxylic acids is 1. The monoisotopic (exact) mass is 260 g/mol. The molecule has 0 aliphatic heterocycles. The minimum Gasteiger partial charge on any atom is -0.295 e. The van der Waals surface area contributed by atoms with Gasteiger partial charge in [0.05, 0.1) is 0 Å². The standard InChI is InChI=1S/C18H28O/c1-15(2)9-6-11-17(5)12-8-14-18(19)13-7-10-16(3)4/h8-9,12,14H,3,6-7,10-11,13H2,1-2,4-5H3/b14-8+,17-12+. The fourth-order valence-corrected chi connectivity index (χ4v) is 1.64. The Morgan fingerprint density at radius 1 is 1.05 bits per heavy atom. The number of hydrogen-bond donors (Lipinski definition) is 0. The Bertz CT molecular complexity index is 376. The van der Waals surface area contributed by atoms with Gasteiger partial charge in [-0.3, -0.25) is 4.79 Å². The van der Waals surface area contributed by atoms with E-state index in [1.165, 1.54) is 11.1 Å². The molecular weight excluding hydrogens is 232 g/mol. The molecule has 0 N–H and O–H groups in total. The van der Waals surface area contributed by atoms with E-state index in [9.17, 15) is 4.79 Å². The Hall–Kier alpha value is -1.37. The van der Waals surface area contributed by atoms with Crippen LogP contribution in [0.25, 0.3) is 0 Å². The molecule has 0 aliphatic carbocycles. The third kappa shape index (κ3) is 12.9. The van der Waals surface area contributed by atoms with Crippen LogP contribution in [0.5, 0.6) is 0 Å². The van der Waals surface area contributed by atoms with Crippen LogP contribution in [0.1, 0.15) is 59.8 Å². The van der Waals surface area contributed by atoms with Crippen molar-refractivity contribution in [1.29, 1.82) is 0 Å². The molecule has 0 atom stereocenters. The van der Waals surface area contributed by atoms with Gasteiger partial charge in [-0.05, 0) is 59.5 Å². The van der Waals surface area contributed by atoms with Gasteiger partial charge in [0.25, 0.3) is 0 Å². The van der Waals surface area contributed by atoms with Gasteiger partial charge in [-0.25, -0.2) is 0 Å². The van der Waals surface area contributed by atoms with Crippen molar-refractivity contribution in [2.24, 2.45) is 0 Å². The summed E-state index contributed by atoms with van der Waals surface area (Å²) < 4.78 is 0. The largest absolute Gasteiger partial charge is 0.295 e. The minimum atomic E-state index is 0.203. The maximum Gasteiger partial charge on any atom is 0.155 e. The quantitative estimate of drug-likeness (QED) is 0.302. The Balaban J connectivity index is 3.94. The number of allylic oxidation sites excluding steroid dienone is 7. The molecular formula is C18H28O. The lowest BCUT2D eigenvalue weighted by molar-refractivity contribution is -0.114. The summed E-state index contributed by atoms with van der Waals surface area (Å²) in [4.78, 5) is 11.6. The summed E-state index contributed by atoms with van der Waals surface area (Å²) in [5.41, 5.74) is 3.81. The highest BCUT2D eigenvalue weighted by Crippen LogP contribution is 2.07. The Morgan fingerprint density at radius 3 is 2.32 bits per heavy atom. The molecule has 106 valence electrons. The van der Waals surface area contributed by atoms with Crippen LogP contribution in [0.3, 0.4) is 0 Å². The number of carbonyl (C=O) groups is 1. The first-order valence-electron chi connectivity index (χ1n) is 7.06. The van der Waals surface area contributed by atoms with Crippen LogP contribution in [0.15, 0.2) is 47.6 Å². The molecule has 0 saturated heterocycles. The van der Waals surface area contributed by atoms with Gasteiger partial charge >= 0.3 is 0 Å². The first kappa shape index (κ1) is 17.6. The van der Waals surface area contributed by atoms with Gasteiger partial charge in [0.15, 0.2) is 5.78 Å². The number of ketones is 1. The van der Waals surface area contributed by atoms with Crippen LogP contribution >= 0.6 is 0 Å². The van der Waals surface area contributed by atoms with Crippen LogP contribution in [-0.2, 0) is 4.79 Å². The molecule has 19 heavy (non-hydrogen) atoms. The number of rotatable bonds is 9. The highest BCUT2D eigenvalue weighted by atomic mass is 16.1. The van der Waals surface area contributed by atoms with Gasteiger partial charge in [-0.15, -0.1) is 6.58 Å². The van der Waals surface area contributed by atoms with E-state index in [0.717, 1.165) is 31.3 Å². The molecule has 1 nitrogen and oxygen atoms in total. The van der Waals surface area contributed by atoms with E-state index in [-0.39, 0.29) is 5.78 Å². The summed E-state index contributed by atoms with van der Waals surface area (Å²) in [5.74, 6) is 0.203. The summed E-state index contributed by atoms with van der Waals surface area (Å²) >= 11 is 0. The van der Waals surface area contributed by atoms with Gasteiger partial charge in [-0.1, -0.05) is 34.9 Å². The maximum absolute atomic E-state index is 11.6. The molecule has 0 amide bonds. The SMILES string of the molecule is C=C(C)CCCC(=O)/C=C/C=C(\C)CCC=C(C)C. The van der Waals surface area contributed by atoms with E-state index in [4.69, 9.17) is 0 Å². The zero-order valence-electron chi connectivity index (χ0n) is 13.0. The fraction of sp³-hybridized carbons (Fsp3) is 0.500. The molecule has 0 fully saturated rings. The molecule has 0 unspecified atom stereocenters. The van der Waals surface area contributed by atoms with Crippen molar-refractivity contribution in [2.45, 2.75) is 59.8 Å². The molecule has 0 aromatic rings. The first-order valence-corrected chi connectivity index (χ1v) is 7.06. The summed E-state index contributed by atoms with van der Waals surface area (Å²) in [5, 5.41) is 0. The Labute approximate surface area is 118 Å². The third-order valence-corrected chi connectivity index (χ3v) is 2.78. The third-order valence-electron chi connectivity index (χ3n) is 2.78. The lowest BCUT2D eigenvalue weighted by Gasteiger charge is -1.97. The van der Waals surface area contributed by atoms with Crippen molar-refractivity contribution >= 4 is 5.78 Å². The fourth-order valence-electron chi connectivity index (χ4n) is 1.64. The van der Waals surface area contributed by atoms with Gasteiger partial charge in [0.1, 0.15) is 0 Å². The highest BCUT2D eigenvalue weighted by molar-refractivity contribution is 5.89. The average molecular weight is 260 g/mol. The van der Waals surface area contributed by atoms with Crippen molar-refractivity contribution < 1.29 is 4.79 Å². The van der Waals surface area contributed by atoms with Crippen molar-refractivity contribution in [1.82, 2.24) is 0 Å². The minimum absolute atomic E-state index is 0.203. The second-order valence-corrected chi connectivity index (χ2v) is 5.47. The summed E-state index contributed by atoms with van der Waals surface area (Å²) in [6.45, 7) is 12.2. The van der Waals surface area contributed by atoms with Crippen molar-refractivity contribution in [2.75, 3.05) is 0 Å². The lowest BCUT2D eigenvalue weighted by atomic mass is 10.1. The first-order chi connectivity index (χ1) is 8.91. The molecule has 0 bridgehead atoms. The molecule has 0 aromatic carbocycles. The van der Waals surface area contributed by atoms with E-state index in [0.29, 0.717) is 6.42 Å². The predicted molar refractivity (Wildman–Crippen MR) is 85.2 cm³/mol. The molecule has 0 aromatic heterocycles. The van der Waals surface area contributed by atoms with E-state index in [2.05, 4.69) is 33.4 Å². The van der Waals surface area contributed by atoms with Gasteiger partial charge in [0, 0.05) is 6.42 Å². The maximum atomic E-state index is 11.6. The predicted octanol–water partition coefficient (Wildman–Crippen LogP) is 5.55. The van der Waals surface area contributed by atoms with Gasteiger partial charge in [0.2, 0.25) is 0 Å². The molecule has 0 spiro atoms. The van der Waals surface area contributed by atoms with Gasteiger partial charge in [-0.2, -0.15) is 0 Å². The van der Waals surface area contributed by atoms with Crippen LogP contribution in [0.2, 0.25) is 0 Å². The van der Waals surface area contributed by atoms with Crippen LogP contribution in [0.4, 0.5) is 0 Å². The second-order valence-electron chi connectivity index (χ2n) is 5.47. The average Bonchev–Trinajstić information content (AvgIpc) is 2.27. The summed E-state index contributed by atoms with van der Waals surface area (Å²) in [7, 11) is 0. The smallest absolute Gasteiger partial charge is 0.155 e. The van der Waals surface area contributed by atoms with Crippen molar-refractivity contribution in [3.63, 3.8) is 0 Å². The molecule has 0 rings (SSSR count). The number of hydrogen-bond acceptors (Lipinski definition) is 1. The van der Waals surface area contributed by atoms with Crippen LogP contribution in [-0.4, -0.2) is 5.78 Å². The molecule has 0 aliphatic rings. The molecule has 1 heteroatoms. The van der Waals surface area contributed by atoms with E-state index in [1.54, 1.807) is 6.08 Å². The van der Waals surface area contributed by atoms with Crippen molar-refractivity contribution in [3.05, 3.63) is 47.6 Å². The zero-order chi connectivity index (χ0) is 14.7. The van der Waals surface area contributed by atoms with Crippen LogP contribution in [0, 0.1) is 0 Å². The summed E-state index contributed by atoms with van der Waals surface area (Å²) in [6, 6.07) is 0. The normalized spacial score (nSPS) is 11.7. The topological polar surface area (TPSA) is 17.1 Å². The van der Waals surface area contributed by atoms with Gasteiger partial charge < -0.3 is 0 Å². The van der Waals surface area contributed by atoms with Crippen LogP contribution < -0.4 is 0 Å². The molecule has 0 radical (unpaired) electrons. The lowest BCUT2D eigenvalue weighted by Crippen LogP contribution is -1.92. The second kappa shape index (κ2) is 10.5. The zero-order valence-corrected chi connectivity index (χ0v) is 13.0. The van der Waals surface area contributed by atoms with E-state index >= 15 is 0 Å². The van der Waals surface area contributed by atoms with E-state index < -0.39 is 0 Å².